The van der Waals surface area contributed by atoms with Gasteiger partial charge in [0.05, 0.1) is 12.7 Å². The molecule has 0 fully saturated rings. The summed E-state index contributed by atoms with van der Waals surface area (Å²) in [4.78, 5) is 15.6. The van der Waals surface area contributed by atoms with Gasteiger partial charge in [0, 0.05) is 30.3 Å². The SMILES string of the molecule is COC(=O)c1cc(NCCc2cccnc2)ccc1N. The number of nitrogens with zero attached hydrogens (tertiary/aromatic N) is 1. The largest absolute Gasteiger partial charge is 0.465 e. The minimum absolute atomic E-state index is 0.374. The van der Waals surface area contributed by atoms with Crippen LogP contribution in [0.15, 0.2) is 42.7 Å². The van der Waals surface area contributed by atoms with Crippen molar-refractivity contribution >= 4 is 17.3 Å². The third-order valence-corrected chi connectivity index (χ3v) is 2.92. The van der Waals surface area contributed by atoms with Crippen molar-refractivity contribution in [2.24, 2.45) is 0 Å². The number of rotatable bonds is 5. The highest BCUT2D eigenvalue weighted by Crippen LogP contribution is 2.18. The molecule has 1 aromatic carbocycles. The minimum Gasteiger partial charge on any atom is -0.465 e. The highest BCUT2D eigenvalue weighted by atomic mass is 16.5. The zero-order valence-corrected chi connectivity index (χ0v) is 11.3. The van der Waals surface area contributed by atoms with Crippen molar-refractivity contribution in [2.75, 3.05) is 24.7 Å². The fourth-order valence-electron chi connectivity index (χ4n) is 1.85. The molecule has 2 aromatic rings. The first-order chi connectivity index (χ1) is 9.70. The maximum Gasteiger partial charge on any atom is 0.340 e. The smallest absolute Gasteiger partial charge is 0.340 e. The number of pyridine rings is 1. The molecule has 2 rings (SSSR count). The standard InChI is InChI=1S/C15H17N3O2/c1-20-15(19)13-9-12(4-5-14(13)16)18-8-6-11-3-2-7-17-10-11/h2-5,7,9-10,18H,6,8,16H2,1H3. The lowest BCUT2D eigenvalue weighted by Crippen LogP contribution is -2.09. The molecule has 0 unspecified atom stereocenters. The van der Waals surface area contributed by atoms with E-state index in [9.17, 15) is 4.79 Å². The Balaban J connectivity index is 1.98. The van der Waals surface area contributed by atoms with Crippen molar-refractivity contribution in [1.82, 2.24) is 4.98 Å². The van der Waals surface area contributed by atoms with Crippen LogP contribution in [0.3, 0.4) is 0 Å². The molecule has 0 saturated carbocycles. The van der Waals surface area contributed by atoms with Gasteiger partial charge in [-0.05, 0) is 36.2 Å². The van der Waals surface area contributed by atoms with Gasteiger partial charge in [-0.15, -0.1) is 0 Å². The average molecular weight is 271 g/mol. The quantitative estimate of drug-likeness (QED) is 0.643. The molecule has 0 radical (unpaired) electrons. The second-order valence-corrected chi connectivity index (χ2v) is 4.33. The van der Waals surface area contributed by atoms with Gasteiger partial charge >= 0.3 is 5.97 Å². The van der Waals surface area contributed by atoms with E-state index in [0.717, 1.165) is 24.2 Å². The molecule has 104 valence electrons. The van der Waals surface area contributed by atoms with E-state index in [1.807, 2.05) is 24.4 Å². The lowest BCUT2D eigenvalue weighted by molar-refractivity contribution is 0.0602. The minimum atomic E-state index is -0.432. The molecule has 0 bridgehead atoms. The lowest BCUT2D eigenvalue weighted by Gasteiger charge is -2.09. The molecule has 1 heterocycles. The number of esters is 1. The summed E-state index contributed by atoms with van der Waals surface area (Å²) in [6.07, 6.45) is 4.44. The molecule has 0 saturated heterocycles. The molecular weight excluding hydrogens is 254 g/mol. The zero-order chi connectivity index (χ0) is 14.4. The van der Waals surface area contributed by atoms with Gasteiger partial charge in [-0.3, -0.25) is 4.98 Å². The van der Waals surface area contributed by atoms with Gasteiger partial charge in [-0.1, -0.05) is 6.07 Å². The highest BCUT2D eigenvalue weighted by molar-refractivity contribution is 5.96. The first kappa shape index (κ1) is 13.9. The lowest BCUT2D eigenvalue weighted by atomic mass is 10.1. The summed E-state index contributed by atoms with van der Waals surface area (Å²) in [5.74, 6) is -0.432. The van der Waals surface area contributed by atoms with E-state index in [4.69, 9.17) is 10.5 Å². The van der Waals surface area contributed by atoms with E-state index in [0.29, 0.717) is 11.3 Å². The fraction of sp³-hybridized carbons (Fsp3) is 0.200. The molecule has 3 N–H and O–H groups in total. The summed E-state index contributed by atoms with van der Waals surface area (Å²) in [5, 5.41) is 3.25. The van der Waals surface area contributed by atoms with Crippen LogP contribution in [0.5, 0.6) is 0 Å². The number of ether oxygens (including phenoxy) is 1. The second-order valence-electron chi connectivity index (χ2n) is 4.33. The van der Waals surface area contributed by atoms with Gasteiger partial charge in [-0.25, -0.2) is 4.79 Å². The number of anilines is 2. The second kappa shape index (κ2) is 6.56. The van der Waals surface area contributed by atoms with Gasteiger partial charge in [0.15, 0.2) is 0 Å². The van der Waals surface area contributed by atoms with Crippen molar-refractivity contribution < 1.29 is 9.53 Å². The topological polar surface area (TPSA) is 77.2 Å². The summed E-state index contributed by atoms with van der Waals surface area (Å²) in [5.41, 5.74) is 8.53. The fourth-order valence-corrected chi connectivity index (χ4v) is 1.85. The van der Waals surface area contributed by atoms with Gasteiger partial charge in [0.1, 0.15) is 0 Å². The molecule has 1 aromatic heterocycles. The van der Waals surface area contributed by atoms with Crippen molar-refractivity contribution in [1.29, 1.82) is 0 Å². The van der Waals surface area contributed by atoms with Gasteiger partial charge in [0.25, 0.3) is 0 Å². The van der Waals surface area contributed by atoms with Crippen LogP contribution >= 0.6 is 0 Å². The maximum atomic E-state index is 11.5. The number of methoxy groups -OCH3 is 1. The third-order valence-electron chi connectivity index (χ3n) is 2.92. The number of carbonyl (C=O) groups is 1. The molecule has 0 aliphatic heterocycles. The summed E-state index contributed by atoms with van der Waals surface area (Å²) in [6, 6.07) is 9.17. The van der Waals surface area contributed by atoms with E-state index in [1.165, 1.54) is 7.11 Å². The Bertz CT molecular complexity index is 585. The van der Waals surface area contributed by atoms with Crippen molar-refractivity contribution in [3.8, 4) is 0 Å². The van der Waals surface area contributed by atoms with Crippen molar-refractivity contribution in [3.63, 3.8) is 0 Å². The van der Waals surface area contributed by atoms with Crippen LogP contribution in [0.25, 0.3) is 0 Å². The summed E-state index contributed by atoms with van der Waals surface area (Å²) in [7, 11) is 1.34. The number of carbonyl (C=O) groups excluding carboxylic acids is 1. The van der Waals surface area contributed by atoms with E-state index >= 15 is 0 Å². The number of aromatic nitrogens is 1. The van der Waals surface area contributed by atoms with Crippen LogP contribution in [-0.2, 0) is 11.2 Å². The highest BCUT2D eigenvalue weighted by Gasteiger charge is 2.10. The number of nitrogens with two attached hydrogens (primary N) is 1. The summed E-state index contributed by atoms with van der Waals surface area (Å²) in [6.45, 7) is 0.746. The van der Waals surface area contributed by atoms with Gasteiger partial charge < -0.3 is 15.8 Å². The van der Waals surface area contributed by atoms with E-state index in [-0.39, 0.29) is 0 Å². The first-order valence-corrected chi connectivity index (χ1v) is 6.31. The number of benzene rings is 1. The van der Waals surface area contributed by atoms with Crippen molar-refractivity contribution in [2.45, 2.75) is 6.42 Å². The number of hydrogen-bond donors (Lipinski definition) is 2. The Labute approximate surface area is 117 Å². The third kappa shape index (κ3) is 3.47. The predicted molar refractivity (Wildman–Crippen MR) is 78.6 cm³/mol. The number of nitrogen functional groups attached to an aromatic ring is 1. The Morgan fingerprint density at radius 2 is 2.25 bits per heavy atom. The van der Waals surface area contributed by atoms with E-state index < -0.39 is 5.97 Å². The van der Waals surface area contributed by atoms with E-state index in [1.54, 1.807) is 18.3 Å². The Hall–Kier alpha value is -2.56. The normalized spacial score (nSPS) is 10.1. The molecule has 0 atom stereocenters. The maximum absolute atomic E-state index is 11.5. The monoisotopic (exact) mass is 271 g/mol. The molecule has 0 spiro atoms. The average Bonchev–Trinajstić information content (AvgIpc) is 2.49. The molecule has 20 heavy (non-hydrogen) atoms. The molecule has 0 amide bonds. The number of nitrogens with one attached hydrogen (secondary N) is 1. The molecule has 0 aliphatic carbocycles. The van der Waals surface area contributed by atoms with Crippen LogP contribution in [0.1, 0.15) is 15.9 Å². The Morgan fingerprint density at radius 3 is 2.95 bits per heavy atom. The molecular formula is C15H17N3O2. The van der Waals surface area contributed by atoms with Gasteiger partial charge in [0.2, 0.25) is 0 Å². The molecule has 5 nitrogen and oxygen atoms in total. The van der Waals surface area contributed by atoms with Crippen molar-refractivity contribution in [3.05, 3.63) is 53.9 Å². The van der Waals surface area contributed by atoms with Crippen LogP contribution in [0.2, 0.25) is 0 Å². The zero-order valence-electron chi connectivity index (χ0n) is 11.3. The summed E-state index contributed by atoms with van der Waals surface area (Å²) >= 11 is 0. The van der Waals surface area contributed by atoms with Gasteiger partial charge in [-0.2, -0.15) is 0 Å². The molecule has 5 heteroatoms. The first-order valence-electron chi connectivity index (χ1n) is 6.31. The van der Waals surface area contributed by atoms with Crippen LogP contribution in [0.4, 0.5) is 11.4 Å². The van der Waals surface area contributed by atoms with Crippen LogP contribution < -0.4 is 11.1 Å². The molecule has 0 aliphatic rings. The number of hydrogen-bond acceptors (Lipinski definition) is 5. The van der Waals surface area contributed by atoms with Crippen LogP contribution in [0, 0.1) is 0 Å². The Morgan fingerprint density at radius 1 is 1.40 bits per heavy atom. The van der Waals surface area contributed by atoms with Crippen LogP contribution in [-0.4, -0.2) is 24.6 Å². The van der Waals surface area contributed by atoms with E-state index in [2.05, 4.69) is 10.3 Å². The Kier molecular flexibility index (Phi) is 4.55. The predicted octanol–water partition coefficient (Wildman–Crippen LogP) is 2.10. The summed E-state index contributed by atoms with van der Waals surface area (Å²) < 4.78 is 4.69.